The minimum atomic E-state index is -0.0512. The Labute approximate surface area is 164 Å². The second kappa shape index (κ2) is 7.89. The van der Waals surface area contributed by atoms with Crippen LogP contribution in [0.2, 0.25) is 0 Å². The maximum atomic E-state index is 13.4. The number of carbonyl (C=O) groups excluding carboxylic acids is 1. The van der Waals surface area contributed by atoms with Crippen LogP contribution in [0.5, 0.6) is 11.6 Å². The summed E-state index contributed by atoms with van der Waals surface area (Å²) in [5.74, 6) is 1.23. The Balaban J connectivity index is 1.56. The SMILES string of the molecule is CCOc1ccc2ccccc2c1C(=O)N1CCC(Oc2ccc(C)cn2)C1. The molecule has 0 spiro atoms. The van der Waals surface area contributed by atoms with Crippen LogP contribution in [-0.4, -0.2) is 41.6 Å². The number of fused-ring (bicyclic) bond motifs is 1. The van der Waals surface area contributed by atoms with E-state index in [4.69, 9.17) is 9.47 Å². The fourth-order valence-electron chi connectivity index (χ4n) is 3.61. The van der Waals surface area contributed by atoms with Crippen LogP contribution in [-0.2, 0) is 0 Å². The molecule has 1 amide bonds. The lowest BCUT2D eigenvalue weighted by atomic mass is 10.0. The van der Waals surface area contributed by atoms with Gasteiger partial charge in [-0.25, -0.2) is 4.98 Å². The molecule has 1 aromatic heterocycles. The number of aromatic nitrogens is 1. The normalized spacial score (nSPS) is 16.4. The van der Waals surface area contributed by atoms with Crippen LogP contribution < -0.4 is 9.47 Å². The lowest BCUT2D eigenvalue weighted by Crippen LogP contribution is -2.31. The van der Waals surface area contributed by atoms with Crippen molar-refractivity contribution in [1.29, 1.82) is 0 Å². The number of pyridine rings is 1. The lowest BCUT2D eigenvalue weighted by Gasteiger charge is -2.20. The van der Waals surface area contributed by atoms with E-state index in [9.17, 15) is 4.79 Å². The van der Waals surface area contributed by atoms with E-state index in [1.165, 1.54) is 0 Å². The Hall–Kier alpha value is -3.08. The Morgan fingerprint density at radius 3 is 2.82 bits per heavy atom. The molecule has 1 unspecified atom stereocenters. The molecule has 1 aliphatic rings. The number of ether oxygens (including phenoxy) is 2. The van der Waals surface area contributed by atoms with Crippen LogP contribution in [0, 0.1) is 6.92 Å². The fourth-order valence-corrected chi connectivity index (χ4v) is 3.61. The number of nitrogens with zero attached hydrogens (tertiary/aromatic N) is 2. The van der Waals surface area contributed by atoms with Crippen molar-refractivity contribution in [2.75, 3.05) is 19.7 Å². The summed E-state index contributed by atoms with van der Waals surface area (Å²) in [6, 6.07) is 15.7. The first-order valence-electron chi connectivity index (χ1n) is 9.69. The number of carbonyl (C=O) groups is 1. The van der Waals surface area contributed by atoms with E-state index < -0.39 is 0 Å². The highest BCUT2D eigenvalue weighted by atomic mass is 16.5. The summed E-state index contributed by atoms with van der Waals surface area (Å²) < 4.78 is 11.7. The number of amides is 1. The second-order valence-electron chi connectivity index (χ2n) is 7.05. The minimum absolute atomic E-state index is 0.0109. The zero-order chi connectivity index (χ0) is 19.5. The van der Waals surface area contributed by atoms with E-state index in [1.807, 2.05) is 67.3 Å². The fraction of sp³-hybridized carbons (Fsp3) is 0.304. The van der Waals surface area contributed by atoms with E-state index in [0.29, 0.717) is 36.9 Å². The molecule has 2 heterocycles. The van der Waals surface area contributed by atoms with Crippen molar-refractivity contribution >= 4 is 16.7 Å². The van der Waals surface area contributed by atoms with Crippen molar-refractivity contribution in [2.45, 2.75) is 26.4 Å². The molecule has 5 nitrogen and oxygen atoms in total. The van der Waals surface area contributed by atoms with E-state index in [1.54, 1.807) is 6.20 Å². The average Bonchev–Trinajstić information content (AvgIpc) is 3.18. The van der Waals surface area contributed by atoms with Crippen molar-refractivity contribution in [1.82, 2.24) is 9.88 Å². The number of hydrogen-bond acceptors (Lipinski definition) is 4. The summed E-state index contributed by atoms with van der Waals surface area (Å²) in [4.78, 5) is 19.5. The monoisotopic (exact) mass is 376 g/mol. The molecule has 144 valence electrons. The number of aryl methyl sites for hydroxylation is 1. The first kappa shape index (κ1) is 18.3. The summed E-state index contributed by atoms with van der Waals surface area (Å²) in [5.41, 5.74) is 1.73. The molecule has 0 aliphatic carbocycles. The number of likely N-dealkylation sites (tertiary alicyclic amines) is 1. The predicted octanol–water partition coefficient (Wildman–Crippen LogP) is 4.24. The van der Waals surface area contributed by atoms with Gasteiger partial charge >= 0.3 is 0 Å². The van der Waals surface area contributed by atoms with Gasteiger partial charge in [-0.2, -0.15) is 0 Å². The molecular formula is C23H24N2O3. The van der Waals surface area contributed by atoms with Gasteiger partial charge in [-0.3, -0.25) is 4.79 Å². The molecule has 2 aromatic carbocycles. The van der Waals surface area contributed by atoms with Gasteiger partial charge in [0, 0.05) is 25.2 Å². The van der Waals surface area contributed by atoms with E-state index >= 15 is 0 Å². The molecule has 0 N–H and O–H groups in total. The molecule has 4 rings (SSSR count). The predicted molar refractivity (Wildman–Crippen MR) is 109 cm³/mol. The Bertz CT molecular complexity index is 985. The van der Waals surface area contributed by atoms with Gasteiger partial charge in [-0.1, -0.05) is 36.4 Å². The highest BCUT2D eigenvalue weighted by Gasteiger charge is 2.31. The van der Waals surface area contributed by atoms with Gasteiger partial charge in [-0.15, -0.1) is 0 Å². The molecule has 1 aliphatic heterocycles. The molecule has 0 saturated carbocycles. The maximum Gasteiger partial charge on any atom is 0.258 e. The van der Waals surface area contributed by atoms with Crippen LogP contribution in [0.15, 0.2) is 54.7 Å². The third-order valence-corrected chi connectivity index (χ3v) is 5.01. The largest absolute Gasteiger partial charge is 0.493 e. The molecule has 3 aromatic rings. The van der Waals surface area contributed by atoms with Gasteiger partial charge < -0.3 is 14.4 Å². The maximum absolute atomic E-state index is 13.4. The highest BCUT2D eigenvalue weighted by molar-refractivity contribution is 6.09. The summed E-state index contributed by atoms with van der Waals surface area (Å²) in [5, 5.41) is 1.95. The first-order valence-corrected chi connectivity index (χ1v) is 9.69. The Morgan fingerprint density at radius 2 is 2.04 bits per heavy atom. The van der Waals surface area contributed by atoms with Gasteiger partial charge in [0.15, 0.2) is 0 Å². The van der Waals surface area contributed by atoms with E-state index in [-0.39, 0.29) is 12.0 Å². The molecule has 5 heteroatoms. The van der Waals surface area contributed by atoms with Crippen LogP contribution >= 0.6 is 0 Å². The van der Waals surface area contributed by atoms with Gasteiger partial charge in [0.05, 0.1) is 18.7 Å². The van der Waals surface area contributed by atoms with Crippen molar-refractivity contribution in [3.8, 4) is 11.6 Å². The second-order valence-corrected chi connectivity index (χ2v) is 7.05. The van der Waals surface area contributed by atoms with Crippen LogP contribution in [0.1, 0.15) is 29.3 Å². The molecular weight excluding hydrogens is 352 g/mol. The third-order valence-electron chi connectivity index (χ3n) is 5.01. The van der Waals surface area contributed by atoms with Crippen LogP contribution in [0.4, 0.5) is 0 Å². The van der Waals surface area contributed by atoms with Crippen molar-refractivity contribution in [2.24, 2.45) is 0 Å². The third kappa shape index (κ3) is 3.65. The smallest absolute Gasteiger partial charge is 0.258 e. The molecule has 0 bridgehead atoms. The Kier molecular flexibility index (Phi) is 5.15. The van der Waals surface area contributed by atoms with Gasteiger partial charge in [0.1, 0.15) is 11.9 Å². The summed E-state index contributed by atoms with van der Waals surface area (Å²) in [6.07, 6.45) is 2.53. The minimum Gasteiger partial charge on any atom is -0.493 e. The lowest BCUT2D eigenvalue weighted by molar-refractivity contribution is 0.0769. The molecule has 0 radical (unpaired) electrons. The quantitative estimate of drug-likeness (QED) is 0.668. The van der Waals surface area contributed by atoms with Crippen LogP contribution in [0.3, 0.4) is 0 Å². The molecule has 1 atom stereocenters. The average molecular weight is 376 g/mol. The van der Waals surface area contributed by atoms with E-state index in [0.717, 1.165) is 22.8 Å². The zero-order valence-corrected chi connectivity index (χ0v) is 16.2. The number of benzene rings is 2. The first-order chi connectivity index (χ1) is 13.7. The zero-order valence-electron chi connectivity index (χ0n) is 16.2. The van der Waals surface area contributed by atoms with Gasteiger partial charge in [0.25, 0.3) is 5.91 Å². The topological polar surface area (TPSA) is 51.7 Å². The molecule has 28 heavy (non-hydrogen) atoms. The van der Waals surface area contributed by atoms with Gasteiger partial charge in [0.2, 0.25) is 5.88 Å². The molecule has 1 fully saturated rings. The standard InChI is InChI=1S/C23H24N2O3/c1-3-27-20-10-9-17-6-4-5-7-19(17)22(20)23(26)25-13-12-18(15-25)28-21-11-8-16(2)14-24-21/h4-11,14,18H,3,12-13,15H2,1-2H3. The van der Waals surface area contributed by atoms with Crippen LogP contribution in [0.25, 0.3) is 10.8 Å². The van der Waals surface area contributed by atoms with Crippen molar-refractivity contribution in [3.05, 3.63) is 65.9 Å². The van der Waals surface area contributed by atoms with Crippen molar-refractivity contribution < 1.29 is 14.3 Å². The van der Waals surface area contributed by atoms with Crippen molar-refractivity contribution in [3.63, 3.8) is 0 Å². The van der Waals surface area contributed by atoms with E-state index in [2.05, 4.69) is 4.98 Å². The summed E-state index contributed by atoms with van der Waals surface area (Å²) in [6.45, 7) is 5.64. The van der Waals surface area contributed by atoms with Gasteiger partial charge in [-0.05, 0) is 36.2 Å². The number of hydrogen-bond donors (Lipinski definition) is 0. The number of rotatable bonds is 5. The summed E-state index contributed by atoms with van der Waals surface area (Å²) >= 11 is 0. The highest BCUT2D eigenvalue weighted by Crippen LogP contribution is 2.31. The Morgan fingerprint density at radius 1 is 1.18 bits per heavy atom. The summed E-state index contributed by atoms with van der Waals surface area (Å²) in [7, 11) is 0. The molecule has 1 saturated heterocycles.